The molecule has 0 unspecified atom stereocenters. The molecule has 0 spiro atoms. The molecular weight excluding hydrogens is 328 g/mol. The van der Waals surface area contributed by atoms with Crippen LogP contribution in [0.4, 0.5) is 4.79 Å². The van der Waals surface area contributed by atoms with Gasteiger partial charge in [0.15, 0.2) is 5.78 Å². The maximum absolute atomic E-state index is 12.9. The summed E-state index contributed by atoms with van der Waals surface area (Å²) in [6, 6.07) is 14.1. The third-order valence-corrected chi connectivity index (χ3v) is 4.89. The number of amides is 3. The van der Waals surface area contributed by atoms with Crippen LogP contribution in [0.15, 0.2) is 48.5 Å². The minimum Gasteiger partial charge on any atom is -0.319 e. The van der Waals surface area contributed by atoms with Gasteiger partial charge >= 0.3 is 6.03 Å². The number of ketones is 1. The molecule has 2 aromatic carbocycles. The predicted octanol–water partition coefficient (Wildman–Crippen LogP) is 3.21. The van der Waals surface area contributed by atoms with Crippen LogP contribution in [-0.4, -0.2) is 29.2 Å². The fourth-order valence-electron chi connectivity index (χ4n) is 3.08. The van der Waals surface area contributed by atoms with Crippen molar-refractivity contribution < 1.29 is 14.4 Å². The number of carbonyl (C=O) groups is 3. The number of benzene rings is 2. The molecule has 3 rings (SSSR count). The minimum absolute atomic E-state index is 0.260. The number of urea groups is 1. The molecule has 1 aliphatic heterocycles. The zero-order valence-corrected chi connectivity index (χ0v) is 15.2. The van der Waals surface area contributed by atoms with Crippen molar-refractivity contribution in [3.05, 3.63) is 70.8 Å². The summed E-state index contributed by atoms with van der Waals surface area (Å²) in [5.41, 5.74) is 2.23. The van der Waals surface area contributed by atoms with Crippen LogP contribution in [0.5, 0.6) is 0 Å². The van der Waals surface area contributed by atoms with Crippen molar-refractivity contribution in [2.24, 2.45) is 0 Å². The van der Waals surface area contributed by atoms with Crippen LogP contribution in [0.1, 0.15) is 40.9 Å². The Balaban J connectivity index is 1.80. The zero-order valence-electron chi connectivity index (χ0n) is 15.2. The molecule has 2 aromatic rings. The summed E-state index contributed by atoms with van der Waals surface area (Å²) in [5.74, 6) is -0.672. The van der Waals surface area contributed by atoms with Gasteiger partial charge in [-0.2, -0.15) is 0 Å². The van der Waals surface area contributed by atoms with Crippen LogP contribution in [0, 0.1) is 6.92 Å². The summed E-state index contributed by atoms with van der Waals surface area (Å²) in [7, 11) is 0. The van der Waals surface area contributed by atoms with Crippen LogP contribution in [0.3, 0.4) is 0 Å². The van der Waals surface area contributed by atoms with E-state index in [-0.39, 0.29) is 12.3 Å². The fraction of sp³-hybridized carbons (Fsp3) is 0.286. The molecule has 5 nitrogen and oxygen atoms in total. The maximum Gasteiger partial charge on any atom is 0.325 e. The number of aryl methyl sites for hydroxylation is 2. The maximum atomic E-state index is 12.9. The number of hydrogen-bond donors (Lipinski definition) is 1. The summed E-state index contributed by atoms with van der Waals surface area (Å²) in [6.07, 6.45) is 0.885. The number of Topliss-reactive ketones (excluding diaryl/α,β-unsaturated/α-hetero) is 1. The third kappa shape index (κ3) is 3.12. The fourth-order valence-corrected chi connectivity index (χ4v) is 3.08. The number of nitrogens with one attached hydrogen (secondary N) is 1. The molecule has 0 saturated carbocycles. The van der Waals surface area contributed by atoms with Gasteiger partial charge in [0, 0.05) is 5.56 Å². The number of rotatable bonds is 5. The first-order valence-electron chi connectivity index (χ1n) is 8.68. The van der Waals surface area contributed by atoms with Crippen molar-refractivity contribution in [1.82, 2.24) is 10.2 Å². The molecule has 1 heterocycles. The van der Waals surface area contributed by atoms with Crippen molar-refractivity contribution in [2.75, 3.05) is 6.54 Å². The lowest BCUT2D eigenvalue weighted by atomic mass is 9.91. The standard InChI is InChI=1S/C21H22N2O3/c1-4-15-7-9-16(10-8-15)18(24)13-23-19(25)21(3,22-20(23)26)17-11-5-14(2)6-12-17/h5-12H,4,13H2,1-3H3,(H,22,26)/t21-/m0/s1. The highest BCUT2D eigenvalue weighted by Crippen LogP contribution is 2.29. The topological polar surface area (TPSA) is 66.5 Å². The highest BCUT2D eigenvalue weighted by Gasteiger charge is 2.49. The van der Waals surface area contributed by atoms with E-state index in [4.69, 9.17) is 0 Å². The van der Waals surface area contributed by atoms with Crippen LogP contribution >= 0.6 is 0 Å². The van der Waals surface area contributed by atoms with Crippen molar-refractivity contribution in [3.63, 3.8) is 0 Å². The number of nitrogens with zero attached hydrogens (tertiary/aromatic N) is 1. The molecule has 1 saturated heterocycles. The van der Waals surface area contributed by atoms with Gasteiger partial charge in [0.05, 0.1) is 6.54 Å². The third-order valence-electron chi connectivity index (χ3n) is 4.89. The first-order valence-corrected chi connectivity index (χ1v) is 8.68. The summed E-state index contributed by atoms with van der Waals surface area (Å²) in [4.78, 5) is 38.7. The average molecular weight is 350 g/mol. The van der Waals surface area contributed by atoms with E-state index in [1.165, 1.54) is 0 Å². The van der Waals surface area contributed by atoms with Gasteiger partial charge in [-0.15, -0.1) is 0 Å². The van der Waals surface area contributed by atoms with Crippen molar-refractivity contribution in [3.8, 4) is 0 Å². The van der Waals surface area contributed by atoms with Crippen molar-refractivity contribution >= 4 is 17.7 Å². The average Bonchev–Trinajstić information content (AvgIpc) is 2.86. The summed E-state index contributed by atoms with van der Waals surface area (Å²) in [5, 5.41) is 2.73. The lowest BCUT2D eigenvalue weighted by molar-refractivity contribution is -0.130. The summed E-state index contributed by atoms with van der Waals surface area (Å²) >= 11 is 0. The molecule has 0 aliphatic carbocycles. The van der Waals surface area contributed by atoms with E-state index in [0.717, 1.165) is 22.4 Å². The van der Waals surface area contributed by atoms with Gasteiger partial charge in [0.2, 0.25) is 0 Å². The first kappa shape index (κ1) is 17.9. The predicted molar refractivity (Wildman–Crippen MR) is 98.9 cm³/mol. The van der Waals surface area contributed by atoms with Crippen molar-refractivity contribution in [1.29, 1.82) is 0 Å². The second kappa shape index (κ2) is 6.75. The minimum atomic E-state index is -1.16. The number of hydrogen-bond acceptors (Lipinski definition) is 3. The molecule has 1 fully saturated rings. The highest BCUT2D eigenvalue weighted by atomic mass is 16.2. The van der Waals surface area contributed by atoms with E-state index < -0.39 is 17.5 Å². The van der Waals surface area contributed by atoms with Gasteiger partial charge in [-0.05, 0) is 31.4 Å². The number of imide groups is 1. The van der Waals surface area contributed by atoms with Gasteiger partial charge < -0.3 is 5.32 Å². The second-order valence-electron chi connectivity index (χ2n) is 6.79. The molecular formula is C21H22N2O3. The van der Waals surface area contributed by atoms with Crippen LogP contribution < -0.4 is 5.32 Å². The lowest BCUT2D eigenvalue weighted by Crippen LogP contribution is -2.41. The molecule has 3 amide bonds. The van der Waals surface area contributed by atoms with Gasteiger partial charge in [-0.1, -0.05) is 61.0 Å². The Morgan fingerprint density at radius 3 is 2.23 bits per heavy atom. The molecule has 1 atom stereocenters. The Kier molecular flexibility index (Phi) is 4.64. The molecule has 1 N–H and O–H groups in total. The highest BCUT2D eigenvalue weighted by molar-refractivity contribution is 6.11. The Hall–Kier alpha value is -2.95. The largest absolute Gasteiger partial charge is 0.325 e. The Labute approximate surface area is 153 Å². The zero-order chi connectivity index (χ0) is 18.9. The van der Waals surface area contributed by atoms with Gasteiger partial charge in [0.1, 0.15) is 5.54 Å². The van der Waals surface area contributed by atoms with E-state index in [0.29, 0.717) is 11.1 Å². The van der Waals surface area contributed by atoms with Crippen LogP contribution in [0.2, 0.25) is 0 Å². The summed E-state index contributed by atoms with van der Waals surface area (Å²) < 4.78 is 0. The number of carbonyl (C=O) groups excluding carboxylic acids is 3. The normalized spacial score (nSPS) is 19.6. The van der Waals surface area contributed by atoms with E-state index in [1.54, 1.807) is 19.1 Å². The Morgan fingerprint density at radius 1 is 1.04 bits per heavy atom. The quantitative estimate of drug-likeness (QED) is 0.665. The summed E-state index contributed by atoms with van der Waals surface area (Å²) in [6.45, 7) is 5.39. The van der Waals surface area contributed by atoms with Gasteiger partial charge in [-0.25, -0.2) is 4.79 Å². The van der Waals surface area contributed by atoms with E-state index >= 15 is 0 Å². The smallest absolute Gasteiger partial charge is 0.319 e. The second-order valence-corrected chi connectivity index (χ2v) is 6.79. The van der Waals surface area contributed by atoms with Gasteiger partial charge in [0.25, 0.3) is 5.91 Å². The molecule has 0 aromatic heterocycles. The van der Waals surface area contributed by atoms with Crippen molar-refractivity contribution in [2.45, 2.75) is 32.7 Å². The molecule has 1 aliphatic rings. The van der Waals surface area contributed by atoms with Crippen LogP contribution in [0.25, 0.3) is 0 Å². The lowest BCUT2D eigenvalue weighted by Gasteiger charge is -2.22. The van der Waals surface area contributed by atoms with E-state index in [1.807, 2.05) is 50.2 Å². The molecule has 0 bridgehead atoms. The molecule has 5 heteroatoms. The Bertz CT molecular complexity index is 856. The monoisotopic (exact) mass is 350 g/mol. The van der Waals surface area contributed by atoms with Crippen LogP contribution in [-0.2, 0) is 16.8 Å². The SMILES string of the molecule is CCc1ccc(C(=O)CN2C(=O)N[C@@](C)(c3ccc(C)cc3)C2=O)cc1. The molecule has 0 radical (unpaired) electrons. The van der Waals surface area contributed by atoms with E-state index in [2.05, 4.69) is 5.32 Å². The van der Waals surface area contributed by atoms with Gasteiger partial charge in [-0.3, -0.25) is 14.5 Å². The molecule has 26 heavy (non-hydrogen) atoms. The van der Waals surface area contributed by atoms with E-state index in [9.17, 15) is 14.4 Å². The Morgan fingerprint density at radius 2 is 1.65 bits per heavy atom. The first-order chi connectivity index (χ1) is 12.3. The molecule has 134 valence electrons.